The maximum absolute atomic E-state index is 10.2. The minimum Gasteiger partial charge on any atom is -0.389 e. The van der Waals surface area contributed by atoms with Crippen molar-refractivity contribution >= 4 is 0 Å². The minimum atomic E-state index is -0.393. The Labute approximate surface area is 81.7 Å². The molecule has 0 aromatic carbocycles. The van der Waals surface area contributed by atoms with E-state index in [1.807, 2.05) is 0 Å². The van der Waals surface area contributed by atoms with Gasteiger partial charge in [-0.1, -0.05) is 20.3 Å². The first-order chi connectivity index (χ1) is 6.20. The lowest BCUT2D eigenvalue weighted by Crippen LogP contribution is -2.38. The van der Waals surface area contributed by atoms with E-state index < -0.39 is 5.60 Å². The summed E-state index contributed by atoms with van der Waals surface area (Å²) in [5.41, 5.74) is -0.393. The predicted octanol–water partition coefficient (Wildman–Crippen LogP) is 1.93. The molecule has 1 aliphatic carbocycles. The molecule has 13 heavy (non-hydrogen) atoms. The highest BCUT2D eigenvalue weighted by Crippen LogP contribution is 2.35. The van der Waals surface area contributed by atoms with Crippen molar-refractivity contribution < 1.29 is 5.11 Å². The molecule has 1 rings (SSSR count). The summed E-state index contributed by atoms with van der Waals surface area (Å²) in [6.07, 6.45) is 5.56. The molecule has 78 valence electrons. The third-order valence-corrected chi connectivity index (χ3v) is 3.14. The van der Waals surface area contributed by atoms with Crippen molar-refractivity contribution in [1.29, 1.82) is 0 Å². The Balaban J connectivity index is 2.23. The number of nitrogens with one attached hydrogen (secondary N) is 1. The Kier molecular flexibility index (Phi) is 4.20. The van der Waals surface area contributed by atoms with E-state index in [1.165, 1.54) is 12.8 Å². The van der Waals surface area contributed by atoms with Crippen LogP contribution in [-0.2, 0) is 0 Å². The third kappa shape index (κ3) is 3.28. The molecule has 0 aromatic heterocycles. The highest BCUT2D eigenvalue weighted by atomic mass is 16.3. The summed E-state index contributed by atoms with van der Waals surface area (Å²) in [5, 5.41) is 13.5. The molecule has 0 radical (unpaired) electrons. The van der Waals surface area contributed by atoms with Gasteiger partial charge in [0.05, 0.1) is 5.60 Å². The largest absolute Gasteiger partial charge is 0.389 e. The van der Waals surface area contributed by atoms with Crippen LogP contribution in [0.15, 0.2) is 0 Å². The molecular formula is C11H23NO. The average molecular weight is 185 g/mol. The fourth-order valence-electron chi connectivity index (χ4n) is 2.22. The van der Waals surface area contributed by atoms with Crippen LogP contribution in [-0.4, -0.2) is 23.8 Å². The van der Waals surface area contributed by atoms with Crippen molar-refractivity contribution in [2.45, 2.75) is 51.6 Å². The normalized spacial score (nSPS) is 33.9. The van der Waals surface area contributed by atoms with Crippen molar-refractivity contribution in [1.82, 2.24) is 5.32 Å². The zero-order valence-corrected chi connectivity index (χ0v) is 8.97. The molecule has 2 heteroatoms. The summed E-state index contributed by atoms with van der Waals surface area (Å²) in [5.74, 6) is 0.758. The van der Waals surface area contributed by atoms with E-state index in [1.54, 1.807) is 0 Å². The van der Waals surface area contributed by atoms with Gasteiger partial charge in [0.15, 0.2) is 0 Å². The van der Waals surface area contributed by atoms with Crippen LogP contribution in [0.4, 0.5) is 0 Å². The summed E-state index contributed by atoms with van der Waals surface area (Å²) in [4.78, 5) is 0. The third-order valence-electron chi connectivity index (χ3n) is 3.14. The van der Waals surface area contributed by atoms with Gasteiger partial charge in [-0.3, -0.25) is 0 Å². The van der Waals surface area contributed by atoms with Crippen LogP contribution in [0.1, 0.15) is 46.0 Å². The highest BCUT2D eigenvalue weighted by molar-refractivity contribution is 4.90. The minimum absolute atomic E-state index is 0.393. The average Bonchev–Trinajstić information content (AvgIpc) is 2.49. The Bertz CT molecular complexity index is 149. The second kappa shape index (κ2) is 4.97. The number of rotatable bonds is 5. The lowest BCUT2D eigenvalue weighted by Gasteiger charge is -2.23. The first kappa shape index (κ1) is 11.0. The summed E-state index contributed by atoms with van der Waals surface area (Å²) < 4.78 is 0. The first-order valence-electron chi connectivity index (χ1n) is 5.63. The lowest BCUT2D eigenvalue weighted by atomic mass is 9.99. The molecule has 0 bridgehead atoms. The zero-order valence-electron chi connectivity index (χ0n) is 8.97. The number of hydrogen-bond donors (Lipinski definition) is 2. The van der Waals surface area contributed by atoms with Crippen LogP contribution in [0.2, 0.25) is 0 Å². The molecule has 0 spiro atoms. The molecule has 1 aliphatic rings. The predicted molar refractivity (Wildman–Crippen MR) is 55.7 cm³/mol. The Morgan fingerprint density at radius 3 is 2.77 bits per heavy atom. The second-order valence-corrected chi connectivity index (χ2v) is 4.42. The van der Waals surface area contributed by atoms with Crippen LogP contribution >= 0.6 is 0 Å². The summed E-state index contributed by atoms with van der Waals surface area (Å²) in [6.45, 7) is 6.19. The van der Waals surface area contributed by atoms with Gasteiger partial charge in [-0.2, -0.15) is 0 Å². The smallest absolute Gasteiger partial charge is 0.0774 e. The monoisotopic (exact) mass is 185 g/mol. The van der Waals surface area contributed by atoms with Gasteiger partial charge in [-0.25, -0.2) is 0 Å². The molecule has 0 heterocycles. The van der Waals surface area contributed by atoms with Crippen molar-refractivity contribution in [3.05, 3.63) is 0 Å². The Morgan fingerprint density at radius 1 is 1.46 bits per heavy atom. The van der Waals surface area contributed by atoms with Crippen LogP contribution in [0.5, 0.6) is 0 Å². The van der Waals surface area contributed by atoms with Crippen LogP contribution < -0.4 is 5.32 Å². The Morgan fingerprint density at radius 2 is 2.23 bits per heavy atom. The zero-order chi connectivity index (χ0) is 9.73. The maximum atomic E-state index is 10.2. The van der Waals surface area contributed by atoms with Crippen molar-refractivity contribution in [2.75, 3.05) is 13.1 Å². The van der Waals surface area contributed by atoms with Gasteiger partial charge in [0.2, 0.25) is 0 Å². The maximum Gasteiger partial charge on any atom is 0.0774 e. The van der Waals surface area contributed by atoms with Crippen molar-refractivity contribution in [3.63, 3.8) is 0 Å². The van der Waals surface area contributed by atoms with E-state index in [0.717, 1.165) is 38.3 Å². The van der Waals surface area contributed by atoms with Gasteiger partial charge in [0.1, 0.15) is 0 Å². The molecule has 1 fully saturated rings. The van der Waals surface area contributed by atoms with E-state index in [9.17, 15) is 5.11 Å². The number of hydrogen-bond acceptors (Lipinski definition) is 2. The van der Waals surface area contributed by atoms with Crippen LogP contribution in [0.3, 0.4) is 0 Å². The van der Waals surface area contributed by atoms with E-state index >= 15 is 0 Å². The first-order valence-corrected chi connectivity index (χ1v) is 5.63. The van der Waals surface area contributed by atoms with Gasteiger partial charge >= 0.3 is 0 Å². The van der Waals surface area contributed by atoms with Crippen molar-refractivity contribution in [3.8, 4) is 0 Å². The second-order valence-electron chi connectivity index (χ2n) is 4.42. The standard InChI is InChI=1S/C11H23NO/c1-3-7-12-9-11(13)6-5-10(4-2)8-11/h10,12-13H,3-9H2,1-2H3. The summed E-state index contributed by atoms with van der Waals surface area (Å²) in [7, 11) is 0. The van der Waals surface area contributed by atoms with E-state index in [4.69, 9.17) is 0 Å². The van der Waals surface area contributed by atoms with E-state index in [0.29, 0.717) is 0 Å². The van der Waals surface area contributed by atoms with E-state index in [-0.39, 0.29) is 0 Å². The topological polar surface area (TPSA) is 32.3 Å². The summed E-state index contributed by atoms with van der Waals surface area (Å²) in [6, 6.07) is 0. The van der Waals surface area contributed by atoms with Gasteiger partial charge < -0.3 is 10.4 Å². The van der Waals surface area contributed by atoms with Crippen molar-refractivity contribution in [2.24, 2.45) is 5.92 Å². The summed E-state index contributed by atoms with van der Waals surface area (Å²) >= 11 is 0. The molecular weight excluding hydrogens is 162 g/mol. The number of aliphatic hydroxyl groups is 1. The quantitative estimate of drug-likeness (QED) is 0.641. The molecule has 0 aromatic rings. The van der Waals surface area contributed by atoms with Crippen LogP contribution in [0, 0.1) is 5.92 Å². The molecule has 2 atom stereocenters. The molecule has 0 aliphatic heterocycles. The van der Waals surface area contributed by atoms with Gasteiger partial charge in [0.25, 0.3) is 0 Å². The Hall–Kier alpha value is -0.0800. The highest BCUT2D eigenvalue weighted by Gasteiger charge is 2.35. The lowest BCUT2D eigenvalue weighted by molar-refractivity contribution is 0.0436. The molecule has 0 amide bonds. The van der Waals surface area contributed by atoms with Gasteiger partial charge in [-0.15, -0.1) is 0 Å². The fraction of sp³-hybridized carbons (Fsp3) is 1.00. The molecule has 1 saturated carbocycles. The fourth-order valence-corrected chi connectivity index (χ4v) is 2.22. The van der Waals surface area contributed by atoms with Gasteiger partial charge in [-0.05, 0) is 38.1 Å². The van der Waals surface area contributed by atoms with Gasteiger partial charge in [0, 0.05) is 6.54 Å². The SMILES string of the molecule is CCCNCC1(O)CCC(CC)C1. The molecule has 2 nitrogen and oxygen atoms in total. The molecule has 2 N–H and O–H groups in total. The molecule has 2 unspecified atom stereocenters. The molecule has 0 saturated heterocycles. The van der Waals surface area contributed by atoms with E-state index in [2.05, 4.69) is 19.2 Å². The van der Waals surface area contributed by atoms with Crippen LogP contribution in [0.25, 0.3) is 0 Å².